The van der Waals surface area contributed by atoms with Gasteiger partial charge in [-0.25, -0.2) is 9.09 Å². The first kappa shape index (κ1) is 24.5. The number of phosphoric acid groups is 1. The Hall–Kier alpha value is -0.550. The minimum Gasteiger partial charge on any atom is -0.337 e. The molecule has 0 spiro atoms. The molecule has 0 amide bonds. The molecule has 1 unspecified atom stereocenters. The van der Waals surface area contributed by atoms with E-state index in [-0.39, 0.29) is 0 Å². The molecule has 0 fully saturated rings. The molecular formula is C20H41N2O4P. The standard InChI is InChI=1S/C20H41N2O4P/c1-5-8-9-10-11-12-13-14-15-22-17-16-21(4)20(22)26-27(23,24-18-6-2)25-19-7-3/h16-17,20H,5-15,18-19H2,1-4H3. The van der Waals surface area contributed by atoms with Crippen LogP contribution in [0, 0.1) is 0 Å². The molecule has 0 saturated carbocycles. The van der Waals surface area contributed by atoms with Crippen molar-refractivity contribution < 1.29 is 18.1 Å². The Labute approximate surface area is 166 Å². The van der Waals surface area contributed by atoms with Crippen molar-refractivity contribution in [1.29, 1.82) is 0 Å². The van der Waals surface area contributed by atoms with Crippen molar-refractivity contribution in [3.63, 3.8) is 0 Å². The summed E-state index contributed by atoms with van der Waals surface area (Å²) in [6.45, 7) is 7.80. The highest BCUT2D eigenvalue weighted by atomic mass is 31.2. The molecule has 0 aromatic carbocycles. The molecule has 1 atom stereocenters. The average molecular weight is 405 g/mol. The van der Waals surface area contributed by atoms with E-state index in [1.165, 1.54) is 44.9 Å². The first-order valence-corrected chi connectivity index (χ1v) is 12.3. The van der Waals surface area contributed by atoms with E-state index in [0.717, 1.165) is 25.8 Å². The third kappa shape index (κ3) is 9.98. The Morgan fingerprint density at radius 1 is 0.815 bits per heavy atom. The lowest BCUT2D eigenvalue weighted by atomic mass is 10.1. The summed E-state index contributed by atoms with van der Waals surface area (Å²) >= 11 is 0. The first-order chi connectivity index (χ1) is 13.1. The van der Waals surface area contributed by atoms with Crippen LogP contribution in [0.25, 0.3) is 0 Å². The van der Waals surface area contributed by atoms with Gasteiger partial charge in [0, 0.05) is 26.0 Å². The highest BCUT2D eigenvalue weighted by Crippen LogP contribution is 2.51. The van der Waals surface area contributed by atoms with Crippen LogP contribution in [-0.2, 0) is 18.1 Å². The van der Waals surface area contributed by atoms with Crippen molar-refractivity contribution in [1.82, 2.24) is 9.80 Å². The predicted octanol–water partition coefficient (Wildman–Crippen LogP) is 6.11. The molecule has 0 aliphatic carbocycles. The van der Waals surface area contributed by atoms with E-state index < -0.39 is 14.2 Å². The van der Waals surface area contributed by atoms with Crippen LogP contribution in [-0.4, -0.2) is 43.0 Å². The van der Waals surface area contributed by atoms with Gasteiger partial charge in [0.2, 0.25) is 6.35 Å². The maximum atomic E-state index is 12.9. The Morgan fingerprint density at radius 2 is 1.37 bits per heavy atom. The predicted molar refractivity (Wildman–Crippen MR) is 111 cm³/mol. The fraction of sp³-hybridized carbons (Fsp3) is 0.900. The van der Waals surface area contributed by atoms with Crippen LogP contribution >= 0.6 is 7.82 Å². The van der Waals surface area contributed by atoms with Crippen LogP contribution in [0.5, 0.6) is 0 Å². The molecule has 160 valence electrons. The quantitative estimate of drug-likeness (QED) is 0.215. The third-order valence-corrected chi connectivity index (χ3v) is 5.97. The molecule has 7 heteroatoms. The van der Waals surface area contributed by atoms with Crippen LogP contribution in [0.4, 0.5) is 0 Å². The van der Waals surface area contributed by atoms with Gasteiger partial charge in [-0.15, -0.1) is 0 Å². The highest BCUT2D eigenvalue weighted by Gasteiger charge is 2.36. The normalized spacial score (nSPS) is 17.3. The van der Waals surface area contributed by atoms with Crippen molar-refractivity contribution in [2.24, 2.45) is 0 Å². The van der Waals surface area contributed by atoms with Crippen molar-refractivity contribution in [3.05, 3.63) is 12.4 Å². The van der Waals surface area contributed by atoms with Crippen LogP contribution in [0.2, 0.25) is 0 Å². The Bertz CT molecular complexity index is 436. The third-order valence-electron chi connectivity index (χ3n) is 4.53. The zero-order valence-electron chi connectivity index (χ0n) is 17.9. The van der Waals surface area contributed by atoms with Crippen LogP contribution in [0.3, 0.4) is 0 Å². The number of hydrogen-bond donors (Lipinski definition) is 0. The van der Waals surface area contributed by atoms with E-state index in [0.29, 0.717) is 13.2 Å². The van der Waals surface area contributed by atoms with Gasteiger partial charge in [0.05, 0.1) is 13.2 Å². The van der Waals surface area contributed by atoms with Crippen molar-refractivity contribution in [2.75, 3.05) is 26.8 Å². The second-order valence-electron chi connectivity index (χ2n) is 7.22. The molecule has 1 rings (SSSR count). The molecule has 1 heterocycles. The fourth-order valence-corrected chi connectivity index (χ4v) is 4.45. The molecule has 0 saturated heterocycles. The van der Waals surface area contributed by atoms with E-state index in [4.69, 9.17) is 13.6 Å². The van der Waals surface area contributed by atoms with Crippen molar-refractivity contribution in [3.8, 4) is 0 Å². The van der Waals surface area contributed by atoms with Gasteiger partial charge in [-0.3, -0.25) is 9.05 Å². The summed E-state index contributed by atoms with van der Waals surface area (Å²) in [6, 6.07) is 0. The van der Waals surface area contributed by atoms with Gasteiger partial charge >= 0.3 is 7.82 Å². The zero-order valence-corrected chi connectivity index (χ0v) is 18.8. The SMILES string of the molecule is CCCCCCCCCCN1C=CN(C)C1OP(=O)(OCCC)OCCC. The topological polar surface area (TPSA) is 51.2 Å². The second-order valence-corrected chi connectivity index (χ2v) is 8.84. The maximum Gasteiger partial charge on any atom is 0.478 e. The molecule has 0 N–H and O–H groups in total. The largest absolute Gasteiger partial charge is 0.478 e. The molecule has 1 aliphatic heterocycles. The highest BCUT2D eigenvalue weighted by molar-refractivity contribution is 7.48. The summed E-state index contributed by atoms with van der Waals surface area (Å²) in [5, 5.41) is 0. The number of phosphoric ester groups is 1. The van der Waals surface area contributed by atoms with E-state index in [1.807, 2.05) is 38.2 Å². The van der Waals surface area contributed by atoms with Gasteiger partial charge in [-0.1, -0.05) is 65.7 Å². The fourth-order valence-electron chi connectivity index (χ4n) is 2.94. The number of unbranched alkanes of at least 4 members (excludes halogenated alkanes) is 7. The summed E-state index contributed by atoms with van der Waals surface area (Å²) in [4.78, 5) is 3.98. The summed E-state index contributed by atoms with van der Waals surface area (Å²) in [7, 11) is -1.64. The molecule has 0 bridgehead atoms. The molecule has 6 nitrogen and oxygen atoms in total. The van der Waals surface area contributed by atoms with E-state index in [9.17, 15) is 4.57 Å². The molecule has 0 aromatic heterocycles. The monoisotopic (exact) mass is 404 g/mol. The zero-order chi connectivity index (χ0) is 20.0. The Kier molecular flexibility index (Phi) is 13.1. The number of nitrogens with zero attached hydrogens (tertiary/aromatic N) is 2. The summed E-state index contributed by atoms with van der Waals surface area (Å²) in [5.74, 6) is 0. The second kappa shape index (κ2) is 14.4. The molecule has 1 aliphatic rings. The minimum atomic E-state index is -3.56. The lowest BCUT2D eigenvalue weighted by Gasteiger charge is -2.32. The van der Waals surface area contributed by atoms with E-state index in [2.05, 4.69) is 11.8 Å². The van der Waals surface area contributed by atoms with Crippen molar-refractivity contribution in [2.45, 2.75) is 91.3 Å². The lowest BCUT2D eigenvalue weighted by molar-refractivity contribution is -0.0460. The van der Waals surface area contributed by atoms with Gasteiger partial charge < -0.3 is 9.80 Å². The van der Waals surface area contributed by atoms with Gasteiger partial charge in [-0.05, 0) is 19.3 Å². The molecule has 0 aromatic rings. The Balaban J connectivity index is 2.41. The Morgan fingerprint density at radius 3 is 1.93 bits per heavy atom. The van der Waals surface area contributed by atoms with Crippen LogP contribution in [0.1, 0.15) is 85.0 Å². The summed E-state index contributed by atoms with van der Waals surface area (Å²) < 4.78 is 29.7. The maximum absolute atomic E-state index is 12.9. The number of rotatable bonds is 17. The average Bonchev–Trinajstić information content (AvgIpc) is 3.00. The van der Waals surface area contributed by atoms with Gasteiger partial charge in [0.15, 0.2) is 0 Å². The first-order valence-electron chi connectivity index (χ1n) is 10.8. The van der Waals surface area contributed by atoms with Crippen molar-refractivity contribution >= 4 is 7.82 Å². The van der Waals surface area contributed by atoms with Crippen LogP contribution < -0.4 is 0 Å². The molecule has 0 radical (unpaired) electrons. The van der Waals surface area contributed by atoms with Gasteiger partial charge in [0.1, 0.15) is 0 Å². The molecule has 27 heavy (non-hydrogen) atoms. The summed E-state index contributed by atoms with van der Waals surface area (Å²) in [6.07, 6.45) is 15.3. The van der Waals surface area contributed by atoms with Gasteiger partial charge in [0.25, 0.3) is 0 Å². The molecular weight excluding hydrogens is 363 g/mol. The van der Waals surface area contributed by atoms with Gasteiger partial charge in [-0.2, -0.15) is 0 Å². The number of hydrogen-bond acceptors (Lipinski definition) is 6. The van der Waals surface area contributed by atoms with Crippen LogP contribution in [0.15, 0.2) is 12.4 Å². The van der Waals surface area contributed by atoms with E-state index >= 15 is 0 Å². The minimum absolute atomic E-state index is 0.364. The smallest absolute Gasteiger partial charge is 0.337 e. The van der Waals surface area contributed by atoms with E-state index in [1.54, 1.807) is 0 Å². The lowest BCUT2D eigenvalue weighted by Crippen LogP contribution is -2.39. The summed E-state index contributed by atoms with van der Waals surface area (Å²) in [5.41, 5.74) is 0.